The van der Waals surface area contributed by atoms with E-state index in [1.807, 2.05) is 74.1 Å². The van der Waals surface area contributed by atoms with Crippen LogP contribution in [0, 0.1) is 0 Å². The van der Waals surface area contributed by atoms with Crippen molar-refractivity contribution in [2.24, 2.45) is 0 Å². The molecule has 0 aliphatic heterocycles. The maximum atomic E-state index is 13.5. The second kappa shape index (κ2) is 8.48. The summed E-state index contributed by atoms with van der Waals surface area (Å²) in [4.78, 5) is 16.3. The van der Waals surface area contributed by atoms with Gasteiger partial charge in [-0.15, -0.1) is 11.3 Å². The molecule has 0 aliphatic rings. The van der Waals surface area contributed by atoms with Gasteiger partial charge < -0.3 is 23.9 Å². The lowest BCUT2D eigenvalue weighted by Crippen LogP contribution is -2.42. The number of methoxy groups -OCH3 is 1. The summed E-state index contributed by atoms with van der Waals surface area (Å²) in [7, 11) is 3.43. The second-order valence-electron chi connectivity index (χ2n) is 8.65. The van der Waals surface area contributed by atoms with Gasteiger partial charge in [-0.3, -0.25) is 4.79 Å². The number of carbonyl (C=O) groups is 1. The molecule has 0 spiro atoms. The molecular formula is C25H28N2O4S. The van der Waals surface area contributed by atoms with E-state index >= 15 is 0 Å². The summed E-state index contributed by atoms with van der Waals surface area (Å²) in [6.45, 7) is 6.15. The number of ether oxygens (including phenoxy) is 2. The van der Waals surface area contributed by atoms with Gasteiger partial charge in [-0.25, -0.2) is 0 Å². The van der Waals surface area contributed by atoms with Gasteiger partial charge in [0, 0.05) is 34.6 Å². The predicted octanol–water partition coefficient (Wildman–Crippen LogP) is 5.07. The van der Waals surface area contributed by atoms with Crippen LogP contribution in [-0.2, 0) is 0 Å². The molecule has 1 N–H and O–H groups in total. The van der Waals surface area contributed by atoms with Crippen molar-refractivity contribution in [3.63, 3.8) is 0 Å². The van der Waals surface area contributed by atoms with Crippen LogP contribution in [0.5, 0.6) is 11.5 Å². The Kier molecular flexibility index (Phi) is 5.88. The third-order valence-corrected chi connectivity index (χ3v) is 6.60. The number of rotatable bonds is 6. The van der Waals surface area contributed by atoms with E-state index in [9.17, 15) is 9.90 Å². The van der Waals surface area contributed by atoms with E-state index in [4.69, 9.17) is 9.47 Å². The van der Waals surface area contributed by atoms with Crippen LogP contribution >= 0.6 is 11.3 Å². The van der Waals surface area contributed by atoms with E-state index in [-0.39, 0.29) is 24.7 Å². The monoisotopic (exact) mass is 452 g/mol. The van der Waals surface area contributed by atoms with Crippen LogP contribution in [0.3, 0.4) is 0 Å². The number of thiophene rings is 1. The first-order chi connectivity index (χ1) is 15.3. The summed E-state index contributed by atoms with van der Waals surface area (Å²) in [5.74, 6) is 1.11. The average molecular weight is 453 g/mol. The van der Waals surface area contributed by atoms with Gasteiger partial charge in [-0.2, -0.15) is 0 Å². The Bertz CT molecular complexity index is 1270. The molecule has 0 fully saturated rings. The van der Waals surface area contributed by atoms with Crippen LogP contribution < -0.4 is 9.47 Å². The number of fused-ring (bicyclic) bond motifs is 3. The highest BCUT2D eigenvalue weighted by atomic mass is 32.1. The van der Waals surface area contributed by atoms with Gasteiger partial charge in [0.15, 0.2) is 11.5 Å². The molecule has 6 nitrogen and oxygen atoms in total. The lowest BCUT2D eigenvalue weighted by atomic mass is 10.1. The fourth-order valence-corrected chi connectivity index (χ4v) is 4.46. The van der Waals surface area contributed by atoms with Crippen LogP contribution in [0.25, 0.3) is 26.7 Å². The molecular weight excluding hydrogens is 424 g/mol. The highest BCUT2D eigenvalue weighted by Gasteiger charge is 2.27. The molecule has 4 aromatic rings. The number of pyridine rings is 1. The van der Waals surface area contributed by atoms with E-state index in [0.29, 0.717) is 17.2 Å². The number of aliphatic hydroxyl groups is 1. The molecule has 0 atom stereocenters. The lowest BCUT2D eigenvalue weighted by Gasteiger charge is -2.31. The van der Waals surface area contributed by atoms with Gasteiger partial charge in [0.25, 0.3) is 5.91 Å². The van der Waals surface area contributed by atoms with Crippen molar-refractivity contribution in [1.82, 2.24) is 9.30 Å². The van der Waals surface area contributed by atoms with Crippen molar-refractivity contribution >= 4 is 33.5 Å². The molecule has 0 saturated heterocycles. The van der Waals surface area contributed by atoms with Gasteiger partial charge in [-0.1, -0.05) is 6.07 Å². The molecule has 3 heterocycles. The van der Waals surface area contributed by atoms with E-state index < -0.39 is 0 Å². The van der Waals surface area contributed by atoms with Gasteiger partial charge in [0.2, 0.25) is 0 Å². The molecule has 32 heavy (non-hydrogen) atoms. The number of hydrogen-bond acceptors (Lipinski definition) is 5. The first kappa shape index (κ1) is 22.2. The first-order valence-electron chi connectivity index (χ1n) is 10.5. The quantitative estimate of drug-likeness (QED) is 0.444. The summed E-state index contributed by atoms with van der Waals surface area (Å²) in [5, 5.41) is 13.2. The highest BCUT2D eigenvalue weighted by Crippen LogP contribution is 2.40. The normalized spacial score (nSPS) is 11.8. The zero-order valence-corrected chi connectivity index (χ0v) is 19.8. The Morgan fingerprint density at radius 1 is 1.19 bits per heavy atom. The van der Waals surface area contributed by atoms with Crippen molar-refractivity contribution in [3.05, 3.63) is 53.7 Å². The van der Waals surface area contributed by atoms with Gasteiger partial charge in [0.1, 0.15) is 12.3 Å². The zero-order valence-electron chi connectivity index (χ0n) is 19.0. The van der Waals surface area contributed by atoms with Crippen molar-refractivity contribution in [2.75, 3.05) is 27.4 Å². The number of aliphatic hydroxyl groups excluding tert-OH is 1. The topological polar surface area (TPSA) is 63.4 Å². The Morgan fingerprint density at radius 2 is 1.97 bits per heavy atom. The van der Waals surface area contributed by atoms with Crippen LogP contribution in [0.2, 0.25) is 0 Å². The van der Waals surface area contributed by atoms with E-state index in [1.54, 1.807) is 23.3 Å². The fourth-order valence-electron chi connectivity index (χ4n) is 3.72. The maximum absolute atomic E-state index is 13.5. The summed E-state index contributed by atoms with van der Waals surface area (Å²) in [5.41, 5.74) is 2.23. The highest BCUT2D eigenvalue weighted by molar-refractivity contribution is 7.13. The van der Waals surface area contributed by atoms with Gasteiger partial charge in [-0.05, 0) is 61.9 Å². The largest absolute Gasteiger partial charge is 0.493 e. The molecule has 168 valence electrons. The second-order valence-corrected chi connectivity index (χ2v) is 9.60. The third-order valence-electron chi connectivity index (χ3n) is 5.70. The molecule has 0 aliphatic carbocycles. The minimum atomic E-state index is -0.306. The molecule has 0 bridgehead atoms. The van der Waals surface area contributed by atoms with Crippen molar-refractivity contribution in [1.29, 1.82) is 0 Å². The molecule has 7 heteroatoms. The average Bonchev–Trinajstić information content (AvgIpc) is 3.43. The molecule has 1 aromatic carbocycles. The number of hydrogen-bond donors (Lipinski definition) is 1. The standard InChI is InChI=1S/C25H28N2O4S/c1-25(2,3)26(4)24(29)19-14-18(22-7-6-12-32-22)23-17-15-21(31-11-10-28)20(30-5)13-16(17)8-9-27(19)23/h6-9,12-15,28H,10-11H2,1-5H3. The van der Waals surface area contributed by atoms with E-state index in [1.165, 1.54) is 0 Å². The van der Waals surface area contributed by atoms with Crippen molar-refractivity contribution in [3.8, 4) is 21.9 Å². The lowest BCUT2D eigenvalue weighted by molar-refractivity contribution is 0.0649. The Morgan fingerprint density at radius 3 is 2.59 bits per heavy atom. The smallest absolute Gasteiger partial charge is 0.271 e. The van der Waals surface area contributed by atoms with Crippen molar-refractivity contribution < 1.29 is 19.4 Å². The van der Waals surface area contributed by atoms with Gasteiger partial charge >= 0.3 is 0 Å². The maximum Gasteiger partial charge on any atom is 0.271 e. The van der Waals surface area contributed by atoms with E-state index in [0.717, 1.165) is 26.7 Å². The zero-order chi connectivity index (χ0) is 23.0. The number of carbonyl (C=O) groups excluding carboxylic acids is 1. The Hall–Kier alpha value is -3.03. The molecule has 4 rings (SSSR count). The van der Waals surface area contributed by atoms with Crippen LogP contribution in [0.1, 0.15) is 31.3 Å². The molecule has 0 radical (unpaired) electrons. The number of aromatic nitrogens is 1. The SMILES string of the molecule is COc1cc2ccn3c(C(=O)N(C)C(C)(C)C)cc(-c4cccs4)c3c2cc1OCCO. The van der Waals surface area contributed by atoms with Crippen LogP contribution in [0.15, 0.2) is 48.0 Å². The van der Waals surface area contributed by atoms with Crippen LogP contribution in [0.4, 0.5) is 0 Å². The Balaban J connectivity index is 2.02. The number of amides is 1. The molecule has 3 aromatic heterocycles. The summed E-state index contributed by atoms with van der Waals surface area (Å²) in [6, 6.07) is 11.9. The summed E-state index contributed by atoms with van der Waals surface area (Å²) in [6.07, 6.45) is 1.94. The fraction of sp³-hybridized carbons (Fsp3) is 0.320. The first-order valence-corrected chi connectivity index (χ1v) is 11.4. The van der Waals surface area contributed by atoms with Crippen molar-refractivity contribution in [2.45, 2.75) is 26.3 Å². The minimum absolute atomic E-state index is 0.0417. The minimum Gasteiger partial charge on any atom is -0.493 e. The summed E-state index contributed by atoms with van der Waals surface area (Å²) < 4.78 is 13.2. The Labute approximate surface area is 191 Å². The predicted molar refractivity (Wildman–Crippen MR) is 129 cm³/mol. The molecule has 0 saturated carbocycles. The van der Waals surface area contributed by atoms with Gasteiger partial charge in [0.05, 0.1) is 19.2 Å². The molecule has 1 amide bonds. The van der Waals surface area contributed by atoms with Crippen LogP contribution in [-0.4, -0.2) is 53.2 Å². The number of nitrogens with zero attached hydrogens (tertiary/aromatic N) is 2. The number of benzene rings is 1. The third kappa shape index (κ3) is 3.82. The molecule has 0 unspecified atom stereocenters. The van der Waals surface area contributed by atoms with E-state index in [2.05, 4.69) is 6.07 Å². The summed E-state index contributed by atoms with van der Waals surface area (Å²) >= 11 is 1.64.